The molecule has 0 amide bonds. The Morgan fingerprint density at radius 1 is 1.14 bits per heavy atom. The molecule has 5 nitrogen and oxygen atoms in total. The summed E-state index contributed by atoms with van der Waals surface area (Å²) in [7, 11) is 1.29. The Kier molecular flexibility index (Phi) is 4.98. The summed E-state index contributed by atoms with van der Waals surface area (Å²) in [4.78, 5) is 31.9. The van der Waals surface area contributed by atoms with Crippen molar-refractivity contribution in [2.75, 3.05) is 7.11 Å². The zero-order valence-corrected chi connectivity index (χ0v) is 16.6. The largest absolute Gasteiger partial charge is 0.467 e. The molecule has 0 spiro atoms. The Morgan fingerprint density at radius 3 is 2.48 bits per heavy atom. The van der Waals surface area contributed by atoms with Gasteiger partial charge in [-0.2, -0.15) is 0 Å². The fourth-order valence-electron chi connectivity index (χ4n) is 3.42. The fourth-order valence-corrected chi connectivity index (χ4v) is 4.42. The molecule has 0 saturated heterocycles. The number of aryl methyl sites for hydroxylation is 1. The van der Waals surface area contributed by atoms with Crippen LogP contribution in [0.4, 0.5) is 4.39 Å². The highest BCUT2D eigenvalue weighted by atomic mass is 32.1. The number of benzene rings is 2. The Hall–Kier alpha value is -3.32. The third-order valence-electron chi connectivity index (χ3n) is 4.76. The predicted molar refractivity (Wildman–Crippen MR) is 111 cm³/mol. The number of aromatic nitrogens is 2. The first kappa shape index (κ1) is 19.0. The van der Waals surface area contributed by atoms with Crippen LogP contribution in [0.3, 0.4) is 0 Å². The number of thiophene rings is 1. The van der Waals surface area contributed by atoms with Gasteiger partial charge in [-0.05, 0) is 30.2 Å². The molecule has 1 atom stereocenters. The fraction of sp³-hybridized carbons (Fsp3) is 0.136. The molecule has 0 aliphatic heterocycles. The van der Waals surface area contributed by atoms with Gasteiger partial charge in [0.05, 0.1) is 12.5 Å². The normalized spacial score (nSPS) is 12.1. The van der Waals surface area contributed by atoms with Gasteiger partial charge in [-0.1, -0.05) is 42.5 Å². The maximum Gasteiger partial charge on any atom is 0.333 e. The van der Waals surface area contributed by atoms with Crippen LogP contribution < -0.4 is 5.56 Å². The third-order valence-corrected chi connectivity index (χ3v) is 5.78. The highest BCUT2D eigenvalue weighted by Gasteiger charge is 2.27. The number of ether oxygens (including phenoxy) is 1. The van der Waals surface area contributed by atoms with Gasteiger partial charge in [0.1, 0.15) is 17.0 Å². The maximum absolute atomic E-state index is 13.5. The molecule has 0 radical (unpaired) electrons. The highest BCUT2D eigenvalue weighted by Crippen LogP contribution is 2.35. The lowest BCUT2D eigenvalue weighted by Gasteiger charge is -2.17. The molecule has 0 aliphatic carbocycles. The topological polar surface area (TPSA) is 61.2 Å². The molecule has 1 unspecified atom stereocenters. The van der Waals surface area contributed by atoms with E-state index in [0.717, 1.165) is 10.4 Å². The molecule has 4 rings (SSSR count). The number of hydrogen-bond acceptors (Lipinski definition) is 5. The van der Waals surface area contributed by atoms with Crippen molar-refractivity contribution in [3.8, 4) is 11.1 Å². The van der Waals surface area contributed by atoms with Crippen LogP contribution in [0.5, 0.6) is 0 Å². The number of rotatable bonds is 4. The van der Waals surface area contributed by atoms with Gasteiger partial charge in [-0.25, -0.2) is 14.2 Å². The standard InChI is InChI=1S/C22H17FN2O3S/c1-13-17(14-8-10-16(23)11-9-14)18-20(29-13)24-12-25(21(18)26)19(22(27)28-2)15-6-4-3-5-7-15/h3-12,19H,1-2H3. The number of hydrogen-bond donors (Lipinski definition) is 0. The first-order chi connectivity index (χ1) is 14.0. The van der Waals surface area contributed by atoms with E-state index in [1.54, 1.807) is 36.4 Å². The molecule has 0 N–H and O–H groups in total. The van der Waals surface area contributed by atoms with Crippen LogP contribution in [0.2, 0.25) is 0 Å². The molecule has 4 aromatic rings. The first-order valence-electron chi connectivity index (χ1n) is 8.90. The van der Waals surface area contributed by atoms with Gasteiger partial charge in [0.2, 0.25) is 0 Å². The first-order valence-corrected chi connectivity index (χ1v) is 9.72. The van der Waals surface area contributed by atoms with Gasteiger partial charge in [-0.3, -0.25) is 9.36 Å². The van der Waals surface area contributed by atoms with Crippen LogP contribution >= 0.6 is 11.3 Å². The van der Waals surface area contributed by atoms with E-state index in [9.17, 15) is 14.0 Å². The molecular formula is C22H17FN2O3S. The summed E-state index contributed by atoms with van der Waals surface area (Å²) >= 11 is 1.39. The Labute approximate surface area is 170 Å². The molecule has 2 aromatic heterocycles. The van der Waals surface area contributed by atoms with Crippen LogP contribution in [0, 0.1) is 12.7 Å². The average molecular weight is 408 g/mol. The van der Waals surface area contributed by atoms with Crippen LogP contribution in [-0.2, 0) is 9.53 Å². The van der Waals surface area contributed by atoms with Crippen LogP contribution in [0.15, 0.2) is 65.7 Å². The van der Waals surface area contributed by atoms with Crippen molar-refractivity contribution in [2.45, 2.75) is 13.0 Å². The Balaban J connectivity index is 1.98. The number of esters is 1. The SMILES string of the molecule is COC(=O)C(c1ccccc1)n1cnc2sc(C)c(-c3ccc(F)cc3)c2c1=O. The van der Waals surface area contributed by atoms with Gasteiger partial charge >= 0.3 is 5.97 Å². The Morgan fingerprint density at radius 2 is 1.83 bits per heavy atom. The zero-order valence-electron chi connectivity index (χ0n) is 15.8. The van der Waals surface area contributed by atoms with Gasteiger partial charge in [-0.15, -0.1) is 11.3 Å². The van der Waals surface area contributed by atoms with Crippen molar-refractivity contribution in [2.24, 2.45) is 0 Å². The second-order valence-corrected chi connectivity index (χ2v) is 7.72. The van der Waals surface area contributed by atoms with E-state index >= 15 is 0 Å². The molecule has 0 bridgehead atoms. The van der Waals surface area contributed by atoms with E-state index in [4.69, 9.17) is 4.74 Å². The van der Waals surface area contributed by atoms with E-state index < -0.39 is 12.0 Å². The van der Waals surface area contributed by atoms with Crippen LogP contribution in [-0.4, -0.2) is 22.6 Å². The van der Waals surface area contributed by atoms with E-state index in [2.05, 4.69) is 4.98 Å². The predicted octanol–water partition coefficient (Wildman–Crippen LogP) is 4.33. The molecule has 2 heterocycles. The van der Waals surface area contributed by atoms with E-state index in [1.807, 2.05) is 13.0 Å². The van der Waals surface area contributed by atoms with Crippen molar-refractivity contribution < 1.29 is 13.9 Å². The quantitative estimate of drug-likeness (QED) is 0.472. The number of carbonyl (C=O) groups is 1. The molecule has 2 aromatic carbocycles. The van der Waals surface area contributed by atoms with Gasteiger partial charge in [0, 0.05) is 10.4 Å². The second kappa shape index (κ2) is 7.60. The molecule has 29 heavy (non-hydrogen) atoms. The van der Waals surface area contributed by atoms with Gasteiger partial charge in [0.15, 0.2) is 6.04 Å². The lowest BCUT2D eigenvalue weighted by molar-refractivity contribution is -0.143. The van der Waals surface area contributed by atoms with E-state index in [-0.39, 0.29) is 11.4 Å². The lowest BCUT2D eigenvalue weighted by atomic mass is 10.0. The summed E-state index contributed by atoms with van der Waals surface area (Å²) in [5.41, 5.74) is 1.70. The van der Waals surface area contributed by atoms with E-state index in [1.165, 1.54) is 41.5 Å². The minimum Gasteiger partial charge on any atom is -0.467 e. The summed E-state index contributed by atoms with van der Waals surface area (Å²) in [6.45, 7) is 1.89. The maximum atomic E-state index is 13.5. The van der Waals surface area contributed by atoms with Crippen molar-refractivity contribution in [1.29, 1.82) is 0 Å². The van der Waals surface area contributed by atoms with Gasteiger partial charge < -0.3 is 4.74 Å². The lowest BCUT2D eigenvalue weighted by Crippen LogP contribution is -2.31. The monoisotopic (exact) mass is 408 g/mol. The molecule has 0 aliphatic rings. The number of nitrogens with zero attached hydrogens (tertiary/aromatic N) is 2. The number of fused-ring (bicyclic) bond motifs is 1. The third kappa shape index (κ3) is 3.34. The number of carbonyl (C=O) groups excluding carboxylic acids is 1. The van der Waals surface area contributed by atoms with E-state index in [0.29, 0.717) is 21.3 Å². The number of halogens is 1. The van der Waals surface area contributed by atoms with Crippen molar-refractivity contribution >= 4 is 27.5 Å². The summed E-state index contributed by atoms with van der Waals surface area (Å²) in [5, 5.41) is 0.409. The molecular weight excluding hydrogens is 391 g/mol. The second-order valence-electron chi connectivity index (χ2n) is 6.51. The smallest absolute Gasteiger partial charge is 0.333 e. The average Bonchev–Trinajstić information content (AvgIpc) is 3.08. The van der Waals surface area contributed by atoms with Crippen molar-refractivity contribution in [3.05, 3.63) is 87.5 Å². The summed E-state index contributed by atoms with van der Waals surface area (Å²) in [6, 6.07) is 14.0. The summed E-state index contributed by atoms with van der Waals surface area (Å²) in [6.07, 6.45) is 1.38. The zero-order chi connectivity index (χ0) is 20.5. The Bertz CT molecular complexity index is 1250. The number of methoxy groups -OCH3 is 1. The molecule has 7 heteroatoms. The summed E-state index contributed by atoms with van der Waals surface area (Å²) in [5.74, 6) is -0.911. The minimum absolute atomic E-state index is 0.349. The highest BCUT2D eigenvalue weighted by molar-refractivity contribution is 7.19. The van der Waals surface area contributed by atoms with Crippen LogP contribution in [0.25, 0.3) is 21.3 Å². The van der Waals surface area contributed by atoms with Crippen LogP contribution in [0.1, 0.15) is 16.5 Å². The summed E-state index contributed by atoms with van der Waals surface area (Å²) < 4.78 is 19.6. The van der Waals surface area contributed by atoms with Gasteiger partial charge in [0.25, 0.3) is 5.56 Å². The minimum atomic E-state index is -0.952. The molecule has 0 fully saturated rings. The van der Waals surface area contributed by atoms with Crippen molar-refractivity contribution in [3.63, 3.8) is 0 Å². The van der Waals surface area contributed by atoms with Crippen molar-refractivity contribution in [1.82, 2.24) is 9.55 Å². The molecule has 146 valence electrons. The molecule has 0 saturated carbocycles.